The number of ether oxygens (including phenoxy) is 3. The zero-order valence-electron chi connectivity index (χ0n) is 17.6. The summed E-state index contributed by atoms with van der Waals surface area (Å²) in [5.41, 5.74) is 1.65. The Hall–Kier alpha value is -3.19. The van der Waals surface area contributed by atoms with E-state index < -0.39 is 0 Å². The fourth-order valence-electron chi connectivity index (χ4n) is 3.18. The second-order valence-corrected chi connectivity index (χ2v) is 7.63. The van der Waals surface area contributed by atoms with Gasteiger partial charge < -0.3 is 14.2 Å². The zero-order valence-corrected chi connectivity index (χ0v) is 18.4. The minimum atomic E-state index is -0.328. The molecule has 162 valence electrons. The lowest BCUT2D eigenvalue weighted by molar-refractivity contribution is -0.123. The Morgan fingerprint density at radius 3 is 2.58 bits per heavy atom. The average Bonchev–Trinajstić information content (AvgIpc) is 3.02. The third-order valence-corrected chi connectivity index (χ3v) is 5.43. The zero-order chi connectivity index (χ0) is 22.2. The summed E-state index contributed by atoms with van der Waals surface area (Å²) in [6, 6.07) is 13.0. The number of carbonyl (C=O) groups excluding carboxylic acids is 2. The Kier molecular flexibility index (Phi) is 7.78. The van der Waals surface area contributed by atoms with Gasteiger partial charge in [0.2, 0.25) is 0 Å². The van der Waals surface area contributed by atoms with E-state index in [4.69, 9.17) is 14.2 Å². The van der Waals surface area contributed by atoms with Gasteiger partial charge in [-0.05, 0) is 61.0 Å². The number of nitrogens with zero attached hydrogens (tertiary/aromatic N) is 1. The highest BCUT2D eigenvalue weighted by Crippen LogP contribution is 2.37. The second-order valence-electron chi connectivity index (χ2n) is 6.63. The van der Waals surface area contributed by atoms with E-state index in [1.807, 2.05) is 43.3 Å². The number of hydrogen-bond donors (Lipinski definition) is 0. The predicted octanol–water partition coefficient (Wildman–Crippen LogP) is 4.94. The summed E-state index contributed by atoms with van der Waals surface area (Å²) < 4.78 is 16.8. The molecule has 0 bridgehead atoms. The molecule has 0 aromatic heterocycles. The highest BCUT2D eigenvalue weighted by atomic mass is 32.2. The first-order valence-electron chi connectivity index (χ1n) is 9.95. The number of carbonyl (C=O) groups is 2. The Morgan fingerprint density at radius 1 is 1.13 bits per heavy atom. The van der Waals surface area contributed by atoms with Gasteiger partial charge in [-0.2, -0.15) is 0 Å². The van der Waals surface area contributed by atoms with Crippen LogP contribution in [0.25, 0.3) is 6.08 Å². The van der Waals surface area contributed by atoms with E-state index in [-0.39, 0.29) is 24.3 Å². The fourth-order valence-corrected chi connectivity index (χ4v) is 4.05. The average molecular weight is 440 g/mol. The van der Waals surface area contributed by atoms with Crippen LogP contribution in [0.5, 0.6) is 17.2 Å². The molecule has 1 fully saturated rings. The van der Waals surface area contributed by atoms with Crippen LogP contribution in [0.15, 0.2) is 60.0 Å². The Bertz CT molecular complexity index is 987. The molecule has 7 heteroatoms. The first-order chi connectivity index (χ1) is 15.1. The van der Waals surface area contributed by atoms with Crippen molar-refractivity contribution < 1.29 is 23.8 Å². The molecular weight excluding hydrogens is 414 g/mol. The summed E-state index contributed by atoms with van der Waals surface area (Å²) in [7, 11) is 1.59. The number of amides is 2. The highest BCUT2D eigenvalue weighted by molar-refractivity contribution is 8.18. The van der Waals surface area contributed by atoms with Crippen molar-refractivity contribution in [3.63, 3.8) is 0 Å². The van der Waals surface area contributed by atoms with Crippen LogP contribution in [0.4, 0.5) is 4.79 Å². The number of para-hydroxylation sites is 1. The molecule has 3 rings (SSSR count). The molecule has 1 saturated heterocycles. The van der Waals surface area contributed by atoms with Crippen LogP contribution in [-0.4, -0.2) is 42.9 Å². The lowest BCUT2D eigenvalue weighted by Gasteiger charge is -2.15. The van der Waals surface area contributed by atoms with Crippen LogP contribution < -0.4 is 14.2 Å². The van der Waals surface area contributed by atoms with Crippen LogP contribution in [-0.2, 0) is 11.2 Å². The topological polar surface area (TPSA) is 65.1 Å². The molecule has 1 aliphatic rings. The van der Waals surface area contributed by atoms with Crippen LogP contribution in [0.1, 0.15) is 18.1 Å². The van der Waals surface area contributed by atoms with Gasteiger partial charge in [0.05, 0.1) is 25.2 Å². The number of rotatable bonds is 10. The minimum Gasteiger partial charge on any atom is -0.493 e. The monoisotopic (exact) mass is 439 g/mol. The number of imide groups is 1. The third-order valence-electron chi connectivity index (χ3n) is 4.52. The van der Waals surface area contributed by atoms with Crippen LogP contribution >= 0.6 is 11.8 Å². The number of thioether (sulfide) groups is 1. The van der Waals surface area contributed by atoms with Crippen LogP contribution in [0.3, 0.4) is 0 Å². The largest absolute Gasteiger partial charge is 0.493 e. The summed E-state index contributed by atoms with van der Waals surface area (Å²) >= 11 is 0.922. The third kappa shape index (κ3) is 5.49. The van der Waals surface area contributed by atoms with Crippen molar-refractivity contribution >= 4 is 29.0 Å². The lowest BCUT2D eigenvalue weighted by Crippen LogP contribution is -2.32. The SMILES string of the molecule is C=CCc1cc(/C=C2\SC(=O)N(CCOc3ccccc3)C2=O)cc(OCC)c1OC. The number of methoxy groups -OCH3 is 1. The van der Waals surface area contributed by atoms with Crippen molar-refractivity contribution in [3.05, 3.63) is 71.2 Å². The molecule has 0 atom stereocenters. The maximum absolute atomic E-state index is 12.8. The van der Waals surface area contributed by atoms with Gasteiger partial charge in [0, 0.05) is 5.56 Å². The molecule has 0 radical (unpaired) electrons. The molecule has 2 amide bonds. The normalized spacial score (nSPS) is 14.8. The molecule has 2 aromatic carbocycles. The summed E-state index contributed by atoms with van der Waals surface area (Å²) in [5.74, 6) is 1.60. The fraction of sp³-hybridized carbons (Fsp3) is 0.250. The van der Waals surface area contributed by atoms with Crippen molar-refractivity contribution in [1.29, 1.82) is 0 Å². The van der Waals surface area contributed by atoms with Gasteiger partial charge in [0.1, 0.15) is 12.4 Å². The first kappa shape index (κ1) is 22.5. The first-order valence-corrected chi connectivity index (χ1v) is 10.8. The van der Waals surface area contributed by atoms with Crippen molar-refractivity contribution in [2.45, 2.75) is 13.3 Å². The molecule has 6 nitrogen and oxygen atoms in total. The van der Waals surface area contributed by atoms with E-state index in [0.29, 0.717) is 35.2 Å². The number of hydrogen-bond acceptors (Lipinski definition) is 6. The van der Waals surface area contributed by atoms with Gasteiger partial charge in [-0.15, -0.1) is 6.58 Å². The number of allylic oxidation sites excluding steroid dienone is 1. The maximum Gasteiger partial charge on any atom is 0.293 e. The van der Waals surface area contributed by atoms with E-state index in [1.165, 1.54) is 4.90 Å². The van der Waals surface area contributed by atoms with Gasteiger partial charge in [0.25, 0.3) is 11.1 Å². The highest BCUT2D eigenvalue weighted by Gasteiger charge is 2.34. The molecule has 0 saturated carbocycles. The molecule has 1 heterocycles. The molecule has 2 aromatic rings. The molecule has 0 unspecified atom stereocenters. The molecule has 0 spiro atoms. The predicted molar refractivity (Wildman–Crippen MR) is 123 cm³/mol. The second kappa shape index (κ2) is 10.7. The quantitative estimate of drug-likeness (QED) is 0.386. The summed E-state index contributed by atoms with van der Waals surface area (Å²) in [5, 5.41) is -0.308. The van der Waals surface area contributed by atoms with E-state index in [0.717, 1.165) is 22.9 Å². The van der Waals surface area contributed by atoms with Crippen molar-refractivity contribution in [1.82, 2.24) is 4.90 Å². The molecular formula is C24H25NO5S. The van der Waals surface area contributed by atoms with Crippen LogP contribution in [0, 0.1) is 0 Å². The smallest absolute Gasteiger partial charge is 0.293 e. The summed E-state index contributed by atoms with van der Waals surface area (Å²) in [6.45, 7) is 6.58. The Morgan fingerprint density at radius 2 is 1.90 bits per heavy atom. The summed E-state index contributed by atoms with van der Waals surface area (Å²) in [4.78, 5) is 26.7. The summed E-state index contributed by atoms with van der Waals surface area (Å²) in [6.07, 6.45) is 4.07. The Labute approximate surface area is 186 Å². The van der Waals surface area contributed by atoms with Gasteiger partial charge >= 0.3 is 0 Å². The standard InChI is InChI=1S/C24H25NO5S/c1-4-9-18-14-17(15-20(29-5-2)22(18)28-3)16-21-23(26)25(24(27)31-21)12-13-30-19-10-7-6-8-11-19/h4,6-8,10-11,14-16H,1,5,9,12-13H2,2-3H3/b21-16-. The molecule has 31 heavy (non-hydrogen) atoms. The molecule has 0 aliphatic carbocycles. The van der Waals surface area contributed by atoms with Gasteiger partial charge in [-0.25, -0.2) is 0 Å². The van der Waals surface area contributed by atoms with E-state index in [1.54, 1.807) is 25.3 Å². The van der Waals surface area contributed by atoms with E-state index in [2.05, 4.69) is 6.58 Å². The van der Waals surface area contributed by atoms with Gasteiger partial charge in [-0.1, -0.05) is 24.3 Å². The van der Waals surface area contributed by atoms with Crippen LogP contribution in [0.2, 0.25) is 0 Å². The maximum atomic E-state index is 12.8. The van der Waals surface area contributed by atoms with Gasteiger partial charge in [-0.3, -0.25) is 14.5 Å². The van der Waals surface area contributed by atoms with E-state index in [9.17, 15) is 9.59 Å². The lowest BCUT2D eigenvalue weighted by atomic mass is 10.0. The van der Waals surface area contributed by atoms with E-state index >= 15 is 0 Å². The molecule has 0 N–H and O–H groups in total. The number of benzene rings is 2. The molecule has 1 aliphatic heterocycles. The Balaban J connectivity index is 1.77. The van der Waals surface area contributed by atoms with Crippen molar-refractivity contribution in [2.75, 3.05) is 26.9 Å². The van der Waals surface area contributed by atoms with Crippen molar-refractivity contribution in [2.24, 2.45) is 0 Å². The minimum absolute atomic E-state index is 0.186. The van der Waals surface area contributed by atoms with Gasteiger partial charge in [0.15, 0.2) is 11.5 Å². The van der Waals surface area contributed by atoms with Crippen molar-refractivity contribution in [3.8, 4) is 17.2 Å².